The molecule has 4 nitrogen and oxygen atoms in total. The molecule has 1 N–H and O–H groups in total. The number of aryl methyl sites for hydroxylation is 1. The molecule has 0 aliphatic heterocycles. The van der Waals surface area contributed by atoms with E-state index >= 15 is 0 Å². The van der Waals surface area contributed by atoms with Crippen molar-refractivity contribution in [3.05, 3.63) is 16.1 Å². The van der Waals surface area contributed by atoms with E-state index in [-0.39, 0.29) is 0 Å². The van der Waals surface area contributed by atoms with E-state index in [1.807, 2.05) is 6.92 Å². The van der Waals surface area contributed by atoms with E-state index in [0.29, 0.717) is 13.0 Å². The second-order valence-corrected chi connectivity index (χ2v) is 5.93. The first-order chi connectivity index (χ1) is 5.97. The van der Waals surface area contributed by atoms with E-state index in [0.717, 1.165) is 16.1 Å². The molecule has 0 spiro atoms. The summed E-state index contributed by atoms with van der Waals surface area (Å²) in [4.78, 5) is 5.27. The summed E-state index contributed by atoms with van der Waals surface area (Å²) < 4.78 is 23.8. The summed E-state index contributed by atoms with van der Waals surface area (Å²) >= 11 is 1.59. The average molecular weight is 220 g/mol. The van der Waals surface area contributed by atoms with Gasteiger partial charge in [-0.15, -0.1) is 11.3 Å². The van der Waals surface area contributed by atoms with Crippen LogP contribution in [0.2, 0.25) is 0 Å². The van der Waals surface area contributed by atoms with Crippen LogP contribution in [0.1, 0.15) is 9.88 Å². The number of hydrogen-bond donors (Lipinski definition) is 1. The number of rotatable bonds is 4. The van der Waals surface area contributed by atoms with Gasteiger partial charge in [-0.2, -0.15) is 0 Å². The Hall–Kier alpha value is -0.460. The molecule has 0 amide bonds. The van der Waals surface area contributed by atoms with Gasteiger partial charge in [0.05, 0.1) is 11.3 Å². The number of aromatic nitrogens is 1. The van der Waals surface area contributed by atoms with Crippen molar-refractivity contribution in [3.8, 4) is 0 Å². The predicted molar refractivity (Wildman–Crippen MR) is 53.4 cm³/mol. The molecule has 0 radical (unpaired) electrons. The van der Waals surface area contributed by atoms with Gasteiger partial charge >= 0.3 is 0 Å². The Morgan fingerprint density at radius 2 is 2.31 bits per heavy atom. The van der Waals surface area contributed by atoms with Gasteiger partial charge in [0.25, 0.3) is 0 Å². The van der Waals surface area contributed by atoms with Crippen LogP contribution in [0.25, 0.3) is 0 Å². The Kier molecular flexibility index (Phi) is 3.40. The van der Waals surface area contributed by atoms with Crippen LogP contribution in [0.3, 0.4) is 0 Å². The fourth-order valence-electron chi connectivity index (χ4n) is 0.860. The summed E-state index contributed by atoms with van der Waals surface area (Å²) in [6, 6.07) is 0. The molecular formula is C7H12N2O2S2. The zero-order valence-electron chi connectivity index (χ0n) is 7.57. The van der Waals surface area contributed by atoms with Crippen molar-refractivity contribution < 1.29 is 8.42 Å². The quantitative estimate of drug-likeness (QED) is 0.806. The van der Waals surface area contributed by atoms with E-state index in [1.165, 1.54) is 0 Å². The SMILES string of the molecule is Cc1cnc(CCNS(C)(=O)=O)s1. The maximum atomic E-state index is 10.7. The number of sulfonamides is 1. The summed E-state index contributed by atoms with van der Waals surface area (Å²) in [5, 5.41) is 0.966. The average Bonchev–Trinajstić information content (AvgIpc) is 2.33. The Morgan fingerprint density at radius 3 is 2.77 bits per heavy atom. The molecule has 1 aromatic heterocycles. The van der Waals surface area contributed by atoms with Crippen LogP contribution in [0.15, 0.2) is 6.20 Å². The number of nitrogens with zero attached hydrogens (tertiary/aromatic N) is 1. The van der Waals surface area contributed by atoms with Crippen LogP contribution in [-0.4, -0.2) is 26.2 Å². The van der Waals surface area contributed by atoms with Crippen molar-refractivity contribution in [2.75, 3.05) is 12.8 Å². The highest BCUT2D eigenvalue weighted by Crippen LogP contribution is 2.10. The van der Waals surface area contributed by atoms with Gasteiger partial charge < -0.3 is 0 Å². The number of thiazole rings is 1. The van der Waals surface area contributed by atoms with E-state index in [1.54, 1.807) is 17.5 Å². The standard InChI is InChI=1S/C7H12N2O2S2/c1-6-5-8-7(12-6)3-4-9-13(2,10)11/h5,9H,3-4H2,1-2H3. The molecule has 1 rings (SSSR count). The second-order valence-electron chi connectivity index (χ2n) is 2.78. The third-order valence-corrected chi connectivity index (χ3v) is 3.07. The zero-order valence-corrected chi connectivity index (χ0v) is 9.20. The highest BCUT2D eigenvalue weighted by atomic mass is 32.2. The minimum Gasteiger partial charge on any atom is -0.249 e. The Labute approximate surface area is 82.1 Å². The van der Waals surface area contributed by atoms with Gasteiger partial charge in [-0.25, -0.2) is 18.1 Å². The lowest BCUT2D eigenvalue weighted by atomic mass is 10.5. The highest BCUT2D eigenvalue weighted by Gasteiger charge is 2.02. The zero-order chi connectivity index (χ0) is 9.90. The number of nitrogens with one attached hydrogen (secondary N) is 1. The van der Waals surface area contributed by atoms with Gasteiger partial charge in [0.15, 0.2) is 0 Å². The maximum absolute atomic E-state index is 10.7. The van der Waals surface area contributed by atoms with Crippen molar-refractivity contribution in [3.63, 3.8) is 0 Å². The molecule has 0 aliphatic rings. The summed E-state index contributed by atoms with van der Waals surface area (Å²) in [5.74, 6) is 0. The molecular weight excluding hydrogens is 208 g/mol. The lowest BCUT2D eigenvalue weighted by Crippen LogP contribution is -2.24. The molecule has 13 heavy (non-hydrogen) atoms. The van der Waals surface area contributed by atoms with Gasteiger partial charge in [-0.1, -0.05) is 0 Å². The molecule has 0 fully saturated rings. The molecule has 1 aromatic rings. The summed E-state index contributed by atoms with van der Waals surface area (Å²) in [5.41, 5.74) is 0. The van der Waals surface area contributed by atoms with Gasteiger partial charge in [-0.3, -0.25) is 0 Å². The molecule has 0 unspecified atom stereocenters. The molecule has 1 heterocycles. The topological polar surface area (TPSA) is 59.1 Å². The lowest BCUT2D eigenvalue weighted by Gasteiger charge is -1.98. The van der Waals surface area contributed by atoms with Crippen molar-refractivity contribution >= 4 is 21.4 Å². The molecule has 6 heteroatoms. The van der Waals surface area contributed by atoms with E-state index in [4.69, 9.17) is 0 Å². The maximum Gasteiger partial charge on any atom is 0.208 e. The van der Waals surface area contributed by atoms with Gasteiger partial charge in [0, 0.05) is 24.0 Å². The molecule has 0 saturated carbocycles. The lowest BCUT2D eigenvalue weighted by molar-refractivity contribution is 0.588. The Morgan fingerprint density at radius 1 is 1.62 bits per heavy atom. The van der Waals surface area contributed by atoms with Crippen LogP contribution in [-0.2, 0) is 16.4 Å². The molecule has 0 atom stereocenters. The fourth-order valence-corrected chi connectivity index (χ4v) is 2.12. The van der Waals surface area contributed by atoms with Gasteiger partial charge in [-0.05, 0) is 6.92 Å². The Balaban J connectivity index is 2.36. The van der Waals surface area contributed by atoms with Crippen LogP contribution in [0.5, 0.6) is 0 Å². The fraction of sp³-hybridized carbons (Fsp3) is 0.571. The predicted octanol–water partition coefficient (Wildman–Crippen LogP) is 0.543. The Bertz CT molecular complexity index is 370. The molecule has 0 aromatic carbocycles. The first-order valence-corrected chi connectivity index (χ1v) is 6.54. The molecule has 74 valence electrons. The minimum atomic E-state index is -3.06. The van der Waals surface area contributed by atoms with E-state index in [9.17, 15) is 8.42 Å². The number of hydrogen-bond acceptors (Lipinski definition) is 4. The van der Waals surface area contributed by atoms with Crippen LogP contribution >= 0.6 is 11.3 Å². The van der Waals surface area contributed by atoms with Crippen molar-refractivity contribution in [1.29, 1.82) is 0 Å². The monoisotopic (exact) mass is 220 g/mol. The van der Waals surface area contributed by atoms with Crippen molar-refractivity contribution in [1.82, 2.24) is 9.71 Å². The summed E-state index contributed by atoms with van der Waals surface area (Å²) in [6.45, 7) is 2.40. The second kappa shape index (κ2) is 4.17. The summed E-state index contributed by atoms with van der Waals surface area (Å²) in [7, 11) is -3.06. The van der Waals surface area contributed by atoms with E-state index in [2.05, 4.69) is 9.71 Å². The largest absolute Gasteiger partial charge is 0.249 e. The van der Waals surface area contributed by atoms with Crippen LogP contribution < -0.4 is 4.72 Å². The normalized spacial score (nSPS) is 11.8. The van der Waals surface area contributed by atoms with Crippen LogP contribution in [0.4, 0.5) is 0 Å². The van der Waals surface area contributed by atoms with Crippen LogP contribution in [0, 0.1) is 6.92 Å². The smallest absolute Gasteiger partial charge is 0.208 e. The first kappa shape index (κ1) is 10.6. The van der Waals surface area contributed by atoms with Crippen molar-refractivity contribution in [2.24, 2.45) is 0 Å². The molecule has 0 aliphatic carbocycles. The first-order valence-electron chi connectivity index (χ1n) is 3.83. The molecule has 0 bridgehead atoms. The highest BCUT2D eigenvalue weighted by molar-refractivity contribution is 7.88. The third-order valence-electron chi connectivity index (χ3n) is 1.37. The molecule has 0 saturated heterocycles. The van der Waals surface area contributed by atoms with E-state index < -0.39 is 10.0 Å². The summed E-state index contributed by atoms with van der Waals surface area (Å²) in [6.07, 6.45) is 3.60. The minimum absolute atomic E-state index is 0.422. The van der Waals surface area contributed by atoms with Gasteiger partial charge in [0.1, 0.15) is 0 Å². The third kappa shape index (κ3) is 4.35. The van der Waals surface area contributed by atoms with Crippen molar-refractivity contribution in [2.45, 2.75) is 13.3 Å². The van der Waals surface area contributed by atoms with Gasteiger partial charge in [0.2, 0.25) is 10.0 Å².